The molecule has 1 fully saturated rings. The van der Waals surface area contributed by atoms with E-state index in [2.05, 4.69) is 15.9 Å². The van der Waals surface area contributed by atoms with Gasteiger partial charge < -0.3 is 15.4 Å². The first-order valence-corrected chi connectivity index (χ1v) is 6.48. The number of carbonyl (C=O) groups is 1. The number of nitro benzene ring substituents is 1. The summed E-state index contributed by atoms with van der Waals surface area (Å²) in [6.07, 6.45) is -0.828. The van der Waals surface area contributed by atoms with Gasteiger partial charge >= 0.3 is 0 Å². The number of ether oxygens (including phenoxy) is 1. The van der Waals surface area contributed by atoms with Gasteiger partial charge in [-0.2, -0.15) is 0 Å². The zero-order valence-corrected chi connectivity index (χ0v) is 11.8. The maximum atomic E-state index is 14.1. The highest BCUT2D eigenvalue weighted by Crippen LogP contribution is 2.34. The molecule has 1 aliphatic heterocycles. The summed E-state index contributed by atoms with van der Waals surface area (Å²) in [7, 11) is 0. The van der Waals surface area contributed by atoms with Crippen LogP contribution in [0.5, 0.6) is 0 Å². The Morgan fingerprint density at radius 3 is 2.85 bits per heavy atom. The fourth-order valence-electron chi connectivity index (χ4n) is 1.98. The molecule has 2 rings (SSSR count). The van der Waals surface area contributed by atoms with Crippen molar-refractivity contribution in [1.29, 1.82) is 0 Å². The lowest BCUT2D eigenvalue weighted by molar-refractivity contribution is -0.385. The summed E-state index contributed by atoms with van der Waals surface area (Å²) in [6.45, 7) is 0.677. The Bertz CT molecular complexity index is 546. The second-order valence-electron chi connectivity index (χ2n) is 4.22. The lowest BCUT2D eigenvalue weighted by Gasteiger charge is -2.33. The zero-order valence-electron chi connectivity index (χ0n) is 10.2. The zero-order chi connectivity index (χ0) is 14.9. The van der Waals surface area contributed by atoms with Gasteiger partial charge in [0.25, 0.3) is 5.69 Å². The molecule has 2 N–H and O–H groups in total. The molecule has 9 heteroatoms. The maximum absolute atomic E-state index is 14.1. The van der Waals surface area contributed by atoms with E-state index in [1.54, 1.807) is 4.90 Å². The molecule has 1 saturated heterocycles. The second-order valence-corrected chi connectivity index (χ2v) is 5.08. The predicted octanol–water partition coefficient (Wildman–Crippen LogP) is 1.19. The number of hydrogen-bond acceptors (Lipinski definition) is 5. The number of halogens is 2. The van der Waals surface area contributed by atoms with E-state index in [0.29, 0.717) is 6.54 Å². The molecule has 20 heavy (non-hydrogen) atoms. The fourth-order valence-corrected chi connectivity index (χ4v) is 2.66. The van der Waals surface area contributed by atoms with Crippen LogP contribution in [0.3, 0.4) is 0 Å². The SMILES string of the molecule is NC(=O)[C@H]1CN(c2c(F)cc([N+](=O)[O-])cc2Br)CCO1. The van der Waals surface area contributed by atoms with Gasteiger partial charge in [-0.25, -0.2) is 4.39 Å². The Balaban J connectivity index is 2.33. The van der Waals surface area contributed by atoms with E-state index in [4.69, 9.17) is 10.5 Å². The summed E-state index contributed by atoms with van der Waals surface area (Å²) in [5.74, 6) is -1.37. The van der Waals surface area contributed by atoms with Crippen LogP contribution in [0.2, 0.25) is 0 Å². The van der Waals surface area contributed by atoms with E-state index >= 15 is 0 Å². The van der Waals surface area contributed by atoms with Crippen molar-refractivity contribution in [3.05, 3.63) is 32.5 Å². The van der Waals surface area contributed by atoms with E-state index < -0.39 is 22.8 Å². The van der Waals surface area contributed by atoms with Gasteiger partial charge in [-0.1, -0.05) is 0 Å². The number of anilines is 1. The van der Waals surface area contributed by atoms with Gasteiger partial charge in [0.2, 0.25) is 5.91 Å². The molecule has 0 unspecified atom stereocenters. The lowest BCUT2D eigenvalue weighted by Crippen LogP contribution is -2.48. The van der Waals surface area contributed by atoms with Crippen LogP contribution in [0.4, 0.5) is 15.8 Å². The van der Waals surface area contributed by atoms with Crippen molar-refractivity contribution >= 4 is 33.2 Å². The van der Waals surface area contributed by atoms with Crippen molar-refractivity contribution in [3.63, 3.8) is 0 Å². The number of nitrogens with two attached hydrogens (primary N) is 1. The minimum absolute atomic E-state index is 0.0999. The minimum atomic E-state index is -0.828. The smallest absolute Gasteiger partial charge is 0.273 e. The number of nitro groups is 1. The predicted molar refractivity (Wildman–Crippen MR) is 71.9 cm³/mol. The van der Waals surface area contributed by atoms with Crippen molar-refractivity contribution in [2.24, 2.45) is 5.73 Å². The largest absolute Gasteiger partial charge is 0.367 e. The van der Waals surface area contributed by atoms with Crippen LogP contribution >= 0.6 is 15.9 Å². The molecule has 1 aromatic rings. The van der Waals surface area contributed by atoms with Gasteiger partial charge in [-0.15, -0.1) is 0 Å². The van der Waals surface area contributed by atoms with Crippen LogP contribution in [0.25, 0.3) is 0 Å². The van der Waals surface area contributed by atoms with Crippen molar-refractivity contribution in [2.75, 3.05) is 24.6 Å². The summed E-state index contributed by atoms with van der Waals surface area (Å²) in [4.78, 5) is 22.7. The van der Waals surface area contributed by atoms with Gasteiger partial charge in [0.15, 0.2) is 11.9 Å². The molecule has 1 aliphatic rings. The third kappa shape index (κ3) is 2.88. The van der Waals surface area contributed by atoms with Gasteiger partial charge in [0.1, 0.15) is 0 Å². The first-order valence-electron chi connectivity index (χ1n) is 5.69. The number of hydrogen-bond donors (Lipinski definition) is 1. The van der Waals surface area contributed by atoms with Crippen molar-refractivity contribution in [2.45, 2.75) is 6.10 Å². The molecule has 0 aromatic heterocycles. The Morgan fingerprint density at radius 1 is 1.60 bits per heavy atom. The first kappa shape index (κ1) is 14.7. The topological polar surface area (TPSA) is 98.7 Å². The normalized spacial score (nSPS) is 18.9. The first-order chi connectivity index (χ1) is 9.40. The quantitative estimate of drug-likeness (QED) is 0.653. The summed E-state index contributed by atoms with van der Waals surface area (Å²) < 4.78 is 19.5. The van der Waals surface area contributed by atoms with Gasteiger partial charge in [-0.3, -0.25) is 14.9 Å². The van der Waals surface area contributed by atoms with Crippen LogP contribution in [0, 0.1) is 15.9 Å². The van der Waals surface area contributed by atoms with Crippen LogP contribution in [-0.4, -0.2) is 36.6 Å². The van der Waals surface area contributed by atoms with Crippen molar-refractivity contribution < 1.29 is 18.8 Å². The number of morpholine rings is 1. The molecule has 0 bridgehead atoms. The van der Waals surface area contributed by atoms with Crippen LogP contribution < -0.4 is 10.6 Å². The average Bonchev–Trinajstić information content (AvgIpc) is 2.38. The van der Waals surface area contributed by atoms with E-state index in [-0.39, 0.29) is 29.0 Å². The Hall–Kier alpha value is -1.74. The molecular formula is C11H11BrFN3O4. The minimum Gasteiger partial charge on any atom is -0.367 e. The number of benzene rings is 1. The van der Waals surface area contributed by atoms with E-state index in [9.17, 15) is 19.3 Å². The van der Waals surface area contributed by atoms with Crippen LogP contribution in [0.1, 0.15) is 0 Å². The highest BCUT2D eigenvalue weighted by atomic mass is 79.9. The average molecular weight is 348 g/mol. The standard InChI is InChI=1S/C11H11BrFN3O4/c12-7-3-6(16(18)19)4-8(13)10(7)15-1-2-20-9(5-15)11(14)17/h3-4,9H,1-2,5H2,(H2,14,17)/t9-/m1/s1. The fraction of sp³-hybridized carbons (Fsp3) is 0.364. The van der Waals surface area contributed by atoms with Crippen molar-refractivity contribution in [3.8, 4) is 0 Å². The molecular weight excluding hydrogens is 337 g/mol. The van der Waals surface area contributed by atoms with Crippen molar-refractivity contribution in [1.82, 2.24) is 0 Å². The molecule has 0 aliphatic carbocycles. The molecule has 7 nitrogen and oxygen atoms in total. The lowest BCUT2D eigenvalue weighted by atomic mass is 10.2. The van der Waals surface area contributed by atoms with Crippen LogP contribution in [-0.2, 0) is 9.53 Å². The summed E-state index contributed by atoms with van der Waals surface area (Å²) in [6, 6.07) is 2.06. The van der Waals surface area contributed by atoms with E-state index in [1.807, 2.05) is 0 Å². The van der Waals surface area contributed by atoms with E-state index in [0.717, 1.165) is 6.07 Å². The molecule has 108 valence electrons. The summed E-state index contributed by atoms with van der Waals surface area (Å²) >= 11 is 3.12. The Morgan fingerprint density at radius 2 is 2.30 bits per heavy atom. The highest BCUT2D eigenvalue weighted by Gasteiger charge is 2.28. The second kappa shape index (κ2) is 5.71. The summed E-state index contributed by atoms with van der Waals surface area (Å²) in [5.41, 5.74) is 4.97. The molecule has 1 atom stereocenters. The molecule has 1 amide bonds. The molecule has 1 heterocycles. The third-order valence-corrected chi connectivity index (χ3v) is 3.52. The van der Waals surface area contributed by atoms with Crippen LogP contribution in [0.15, 0.2) is 16.6 Å². The molecule has 1 aromatic carbocycles. The molecule has 0 spiro atoms. The number of primary amides is 1. The third-order valence-electron chi connectivity index (χ3n) is 2.91. The number of carbonyl (C=O) groups excluding carboxylic acids is 1. The monoisotopic (exact) mass is 347 g/mol. The molecule has 0 saturated carbocycles. The van der Waals surface area contributed by atoms with Gasteiger partial charge in [-0.05, 0) is 15.9 Å². The van der Waals surface area contributed by atoms with Gasteiger partial charge in [0, 0.05) is 12.6 Å². The van der Waals surface area contributed by atoms with E-state index in [1.165, 1.54) is 6.07 Å². The Kier molecular flexibility index (Phi) is 4.19. The number of amides is 1. The number of non-ortho nitro benzene ring substituents is 1. The molecule has 0 radical (unpaired) electrons. The Labute approximate surface area is 121 Å². The highest BCUT2D eigenvalue weighted by molar-refractivity contribution is 9.10. The van der Waals surface area contributed by atoms with Gasteiger partial charge in [0.05, 0.1) is 34.3 Å². The summed E-state index contributed by atoms with van der Waals surface area (Å²) in [5, 5.41) is 10.7. The number of nitrogens with zero attached hydrogens (tertiary/aromatic N) is 2. The maximum Gasteiger partial charge on any atom is 0.273 e. The number of rotatable bonds is 3.